The molecule has 0 spiro atoms. The van der Waals surface area contributed by atoms with E-state index in [-0.39, 0.29) is 23.5 Å². The Bertz CT molecular complexity index is 1160. The van der Waals surface area contributed by atoms with Gasteiger partial charge in [0.2, 0.25) is 5.91 Å². The summed E-state index contributed by atoms with van der Waals surface area (Å²) in [5.41, 5.74) is -0.0380. The molecule has 29 heavy (non-hydrogen) atoms. The van der Waals surface area contributed by atoms with Crippen LogP contribution in [-0.4, -0.2) is 43.0 Å². The van der Waals surface area contributed by atoms with Gasteiger partial charge in [0.25, 0.3) is 5.56 Å². The maximum absolute atomic E-state index is 12.9. The third kappa shape index (κ3) is 3.70. The summed E-state index contributed by atoms with van der Waals surface area (Å²) in [6.45, 7) is 1.08. The van der Waals surface area contributed by atoms with E-state index >= 15 is 0 Å². The molecule has 0 unspecified atom stereocenters. The van der Waals surface area contributed by atoms with Crippen molar-refractivity contribution in [2.45, 2.75) is 32.2 Å². The van der Waals surface area contributed by atoms with Crippen LogP contribution in [0, 0.1) is 0 Å². The second kappa shape index (κ2) is 7.98. The normalized spacial score (nSPS) is 14.7. The van der Waals surface area contributed by atoms with E-state index in [0.717, 1.165) is 35.8 Å². The van der Waals surface area contributed by atoms with Crippen LogP contribution in [0.4, 0.5) is 0 Å². The highest BCUT2D eigenvalue weighted by Crippen LogP contribution is 2.15. The molecule has 1 aromatic carbocycles. The van der Waals surface area contributed by atoms with Crippen molar-refractivity contribution in [1.29, 1.82) is 0 Å². The molecule has 1 fully saturated rings. The van der Waals surface area contributed by atoms with Gasteiger partial charge in [0.1, 0.15) is 11.9 Å². The molecule has 1 aliphatic heterocycles. The molecule has 0 saturated carbocycles. The molecule has 0 N–H and O–H groups in total. The van der Waals surface area contributed by atoms with Gasteiger partial charge < -0.3 is 4.90 Å². The van der Waals surface area contributed by atoms with Gasteiger partial charge in [-0.3, -0.25) is 18.7 Å². The van der Waals surface area contributed by atoms with Crippen LogP contribution in [0.2, 0.25) is 0 Å². The van der Waals surface area contributed by atoms with E-state index in [1.165, 1.54) is 10.8 Å². The van der Waals surface area contributed by atoms with Crippen molar-refractivity contribution < 1.29 is 4.79 Å². The third-order valence-corrected chi connectivity index (χ3v) is 5.36. The summed E-state index contributed by atoms with van der Waals surface area (Å²) in [4.78, 5) is 48.9. The van der Waals surface area contributed by atoms with Gasteiger partial charge in [-0.1, -0.05) is 43.2 Å². The SMILES string of the molecule is Cn1c(=O)n(CC(=O)N2CCCCCC2)c(=O)c2cnc(-c3ccccc3)nc21. The van der Waals surface area contributed by atoms with Crippen molar-refractivity contribution >= 4 is 16.9 Å². The van der Waals surface area contributed by atoms with E-state index in [9.17, 15) is 14.4 Å². The van der Waals surface area contributed by atoms with Gasteiger partial charge in [0, 0.05) is 31.9 Å². The summed E-state index contributed by atoms with van der Waals surface area (Å²) in [6.07, 6.45) is 5.53. The Balaban J connectivity index is 1.73. The fraction of sp³-hybridized carbons (Fsp3) is 0.381. The molecule has 1 saturated heterocycles. The lowest BCUT2D eigenvalue weighted by Crippen LogP contribution is -2.44. The number of aryl methyl sites for hydroxylation is 1. The topological polar surface area (TPSA) is 90.1 Å². The largest absolute Gasteiger partial charge is 0.341 e. The van der Waals surface area contributed by atoms with Crippen LogP contribution in [-0.2, 0) is 18.4 Å². The molecule has 3 heterocycles. The van der Waals surface area contributed by atoms with Crippen molar-refractivity contribution in [3.05, 3.63) is 57.4 Å². The Hall–Kier alpha value is -3.29. The Kier molecular flexibility index (Phi) is 5.24. The first-order valence-corrected chi connectivity index (χ1v) is 9.86. The Labute approximate surface area is 167 Å². The fourth-order valence-electron chi connectivity index (χ4n) is 3.70. The highest BCUT2D eigenvalue weighted by Gasteiger charge is 2.20. The Morgan fingerprint density at radius 3 is 2.41 bits per heavy atom. The molecule has 0 radical (unpaired) electrons. The van der Waals surface area contributed by atoms with Crippen LogP contribution in [0.1, 0.15) is 25.7 Å². The summed E-state index contributed by atoms with van der Waals surface area (Å²) in [5, 5.41) is 0.218. The average molecular weight is 393 g/mol. The van der Waals surface area contributed by atoms with Gasteiger partial charge in [0.05, 0.1) is 0 Å². The Morgan fingerprint density at radius 2 is 1.72 bits per heavy atom. The molecular formula is C21H23N5O3. The summed E-state index contributed by atoms with van der Waals surface area (Å²) in [7, 11) is 1.55. The van der Waals surface area contributed by atoms with Crippen molar-refractivity contribution in [3.63, 3.8) is 0 Å². The van der Waals surface area contributed by atoms with E-state index in [4.69, 9.17) is 0 Å². The third-order valence-electron chi connectivity index (χ3n) is 5.36. The van der Waals surface area contributed by atoms with E-state index < -0.39 is 11.2 Å². The van der Waals surface area contributed by atoms with Gasteiger partial charge in [0.15, 0.2) is 11.5 Å². The number of aromatic nitrogens is 4. The number of hydrogen-bond donors (Lipinski definition) is 0. The van der Waals surface area contributed by atoms with Gasteiger partial charge in [-0.2, -0.15) is 0 Å². The zero-order chi connectivity index (χ0) is 20.4. The first kappa shape index (κ1) is 19.0. The van der Waals surface area contributed by atoms with Crippen LogP contribution in [0.25, 0.3) is 22.4 Å². The van der Waals surface area contributed by atoms with E-state index in [1.807, 2.05) is 30.3 Å². The Morgan fingerprint density at radius 1 is 1.03 bits per heavy atom. The summed E-state index contributed by atoms with van der Waals surface area (Å²) >= 11 is 0. The lowest BCUT2D eigenvalue weighted by molar-refractivity contribution is -0.131. The molecule has 150 valence electrons. The summed E-state index contributed by atoms with van der Waals surface area (Å²) in [5.74, 6) is 0.234. The summed E-state index contributed by atoms with van der Waals surface area (Å²) in [6, 6.07) is 9.35. The molecule has 0 atom stereocenters. The van der Waals surface area contributed by atoms with Crippen molar-refractivity contribution in [1.82, 2.24) is 24.0 Å². The number of benzene rings is 1. The van der Waals surface area contributed by atoms with E-state index in [1.54, 1.807) is 11.9 Å². The lowest BCUT2D eigenvalue weighted by atomic mass is 10.2. The highest BCUT2D eigenvalue weighted by atomic mass is 16.2. The van der Waals surface area contributed by atoms with Crippen LogP contribution < -0.4 is 11.2 Å². The second-order valence-corrected chi connectivity index (χ2v) is 7.32. The average Bonchev–Trinajstić information content (AvgIpc) is 3.05. The van der Waals surface area contributed by atoms with E-state index in [0.29, 0.717) is 18.9 Å². The molecule has 4 rings (SSSR count). The first-order chi connectivity index (χ1) is 14.1. The first-order valence-electron chi connectivity index (χ1n) is 9.86. The zero-order valence-corrected chi connectivity index (χ0v) is 16.4. The number of nitrogens with zero attached hydrogens (tertiary/aromatic N) is 5. The van der Waals surface area contributed by atoms with Crippen LogP contribution >= 0.6 is 0 Å². The van der Waals surface area contributed by atoms with E-state index in [2.05, 4.69) is 9.97 Å². The molecule has 0 bridgehead atoms. The minimum atomic E-state index is -0.552. The number of carbonyl (C=O) groups excluding carboxylic acids is 1. The number of hydrogen-bond acceptors (Lipinski definition) is 5. The molecule has 8 heteroatoms. The molecule has 1 amide bonds. The fourth-order valence-corrected chi connectivity index (χ4v) is 3.70. The molecular weight excluding hydrogens is 370 g/mol. The van der Waals surface area contributed by atoms with Crippen LogP contribution in [0.15, 0.2) is 46.1 Å². The maximum Gasteiger partial charge on any atom is 0.332 e. The van der Waals surface area contributed by atoms with Crippen molar-refractivity contribution in [2.24, 2.45) is 7.05 Å². The van der Waals surface area contributed by atoms with Crippen molar-refractivity contribution in [3.8, 4) is 11.4 Å². The van der Waals surface area contributed by atoms with Gasteiger partial charge in [-0.05, 0) is 12.8 Å². The number of rotatable bonds is 3. The zero-order valence-electron chi connectivity index (χ0n) is 16.4. The molecule has 2 aromatic heterocycles. The molecule has 1 aliphatic rings. The van der Waals surface area contributed by atoms with Gasteiger partial charge >= 0.3 is 5.69 Å². The van der Waals surface area contributed by atoms with Crippen LogP contribution in [0.5, 0.6) is 0 Å². The van der Waals surface area contributed by atoms with Crippen molar-refractivity contribution in [2.75, 3.05) is 13.1 Å². The number of likely N-dealkylation sites (tertiary alicyclic amines) is 1. The monoisotopic (exact) mass is 393 g/mol. The van der Waals surface area contributed by atoms with Gasteiger partial charge in [-0.15, -0.1) is 0 Å². The summed E-state index contributed by atoms with van der Waals surface area (Å²) < 4.78 is 2.29. The minimum Gasteiger partial charge on any atom is -0.341 e. The standard InChI is InChI=1S/C21H23N5O3/c1-24-19-16(13-22-18(23-19)15-9-5-4-6-10-15)20(28)26(21(24)29)14-17(27)25-11-7-2-3-8-12-25/h4-6,9-10,13H,2-3,7-8,11-12,14H2,1H3. The highest BCUT2D eigenvalue weighted by molar-refractivity contribution is 5.78. The predicted molar refractivity (Wildman–Crippen MR) is 110 cm³/mol. The predicted octanol–water partition coefficient (Wildman–Crippen LogP) is 1.56. The number of carbonyl (C=O) groups is 1. The smallest absolute Gasteiger partial charge is 0.332 e. The number of amides is 1. The molecule has 0 aliphatic carbocycles. The van der Waals surface area contributed by atoms with Gasteiger partial charge in [-0.25, -0.2) is 14.8 Å². The molecule has 8 nitrogen and oxygen atoms in total. The maximum atomic E-state index is 12.9. The second-order valence-electron chi connectivity index (χ2n) is 7.32. The lowest BCUT2D eigenvalue weighted by Gasteiger charge is -2.20. The minimum absolute atomic E-state index is 0.202. The molecule has 3 aromatic rings. The van der Waals surface area contributed by atoms with Crippen LogP contribution in [0.3, 0.4) is 0 Å². The number of fused-ring (bicyclic) bond motifs is 1. The quantitative estimate of drug-likeness (QED) is 0.674.